The Hall–Kier alpha value is -1.18. The van der Waals surface area contributed by atoms with Gasteiger partial charge in [0, 0.05) is 0 Å². The van der Waals surface area contributed by atoms with E-state index >= 15 is 0 Å². The molecule has 1 nitrogen and oxygen atoms in total. The molecule has 0 atom stereocenters. The standard InChI is InChI=1S/C13H10Cl2O/c14-11-7-10(8-12(15)13(11)16)6-9-4-2-1-3-5-9/h1-5,7-8,16H,6H2. The summed E-state index contributed by atoms with van der Waals surface area (Å²) in [6.07, 6.45) is 0.751. The SMILES string of the molecule is Oc1c(Cl)cc(Cc2ccccc2)cc1Cl. The van der Waals surface area contributed by atoms with E-state index < -0.39 is 0 Å². The molecule has 0 heterocycles. The number of phenolic OH excluding ortho intramolecular Hbond substituents is 1. The number of halogens is 2. The lowest BCUT2D eigenvalue weighted by molar-refractivity contribution is 0.475. The van der Waals surface area contributed by atoms with Crippen molar-refractivity contribution < 1.29 is 5.11 Å². The van der Waals surface area contributed by atoms with E-state index in [0.717, 1.165) is 12.0 Å². The summed E-state index contributed by atoms with van der Waals surface area (Å²) in [6.45, 7) is 0. The molecule has 0 unspecified atom stereocenters. The van der Waals surface area contributed by atoms with Crippen LogP contribution in [0.3, 0.4) is 0 Å². The molecule has 0 aliphatic rings. The minimum absolute atomic E-state index is 0.0554. The predicted octanol–water partition coefficient (Wildman–Crippen LogP) is 4.29. The van der Waals surface area contributed by atoms with Crippen LogP contribution in [-0.2, 0) is 6.42 Å². The average Bonchev–Trinajstić information content (AvgIpc) is 2.27. The fourth-order valence-electron chi connectivity index (χ4n) is 1.55. The van der Waals surface area contributed by atoms with Gasteiger partial charge in [-0.3, -0.25) is 0 Å². The van der Waals surface area contributed by atoms with Gasteiger partial charge >= 0.3 is 0 Å². The summed E-state index contributed by atoms with van der Waals surface area (Å²) in [4.78, 5) is 0. The van der Waals surface area contributed by atoms with Crippen molar-refractivity contribution >= 4 is 23.2 Å². The number of hydrogen-bond donors (Lipinski definition) is 1. The number of aromatic hydroxyl groups is 1. The molecule has 0 aromatic heterocycles. The van der Waals surface area contributed by atoms with Crippen LogP contribution in [0.15, 0.2) is 42.5 Å². The highest BCUT2D eigenvalue weighted by Gasteiger charge is 2.06. The Morgan fingerprint density at radius 2 is 1.44 bits per heavy atom. The number of phenols is 1. The quantitative estimate of drug-likeness (QED) is 0.846. The third-order valence-electron chi connectivity index (χ3n) is 2.33. The van der Waals surface area contributed by atoms with E-state index in [1.54, 1.807) is 12.1 Å². The highest BCUT2D eigenvalue weighted by atomic mass is 35.5. The van der Waals surface area contributed by atoms with E-state index in [2.05, 4.69) is 0 Å². The predicted molar refractivity (Wildman–Crippen MR) is 67.4 cm³/mol. The van der Waals surface area contributed by atoms with E-state index in [4.69, 9.17) is 23.2 Å². The van der Waals surface area contributed by atoms with Crippen molar-refractivity contribution in [2.24, 2.45) is 0 Å². The van der Waals surface area contributed by atoms with Gasteiger partial charge in [-0.1, -0.05) is 53.5 Å². The number of rotatable bonds is 2. The van der Waals surface area contributed by atoms with Gasteiger partial charge in [0.15, 0.2) is 5.75 Å². The summed E-state index contributed by atoms with van der Waals surface area (Å²) < 4.78 is 0. The molecule has 3 heteroatoms. The Morgan fingerprint density at radius 1 is 0.875 bits per heavy atom. The Labute approximate surface area is 104 Å². The summed E-state index contributed by atoms with van der Waals surface area (Å²) in [5.41, 5.74) is 2.17. The maximum Gasteiger partial charge on any atom is 0.152 e. The molecule has 2 rings (SSSR count). The summed E-state index contributed by atoms with van der Waals surface area (Å²) >= 11 is 11.7. The van der Waals surface area contributed by atoms with Crippen molar-refractivity contribution in [2.45, 2.75) is 6.42 Å². The van der Waals surface area contributed by atoms with Crippen molar-refractivity contribution in [3.8, 4) is 5.75 Å². The molecule has 0 fully saturated rings. The first-order valence-corrected chi connectivity index (χ1v) is 5.63. The van der Waals surface area contributed by atoms with Crippen LogP contribution in [0.5, 0.6) is 5.75 Å². The number of hydrogen-bond acceptors (Lipinski definition) is 1. The molecule has 0 aliphatic heterocycles. The second kappa shape index (κ2) is 4.77. The Bertz CT molecular complexity index is 472. The fraction of sp³-hybridized carbons (Fsp3) is 0.0769. The van der Waals surface area contributed by atoms with Gasteiger partial charge in [0.1, 0.15) is 0 Å². The minimum atomic E-state index is -0.0554. The zero-order valence-electron chi connectivity index (χ0n) is 8.45. The third-order valence-corrected chi connectivity index (χ3v) is 2.90. The second-order valence-corrected chi connectivity index (χ2v) is 4.38. The van der Waals surface area contributed by atoms with Crippen molar-refractivity contribution in [3.63, 3.8) is 0 Å². The van der Waals surface area contributed by atoms with Crippen LogP contribution in [0.4, 0.5) is 0 Å². The molecule has 0 saturated carbocycles. The van der Waals surface area contributed by atoms with E-state index in [1.807, 2.05) is 30.3 Å². The molecule has 0 bridgehead atoms. The molecule has 82 valence electrons. The minimum Gasteiger partial charge on any atom is -0.505 e. The van der Waals surface area contributed by atoms with Crippen LogP contribution in [0.2, 0.25) is 10.0 Å². The van der Waals surface area contributed by atoms with Gasteiger partial charge in [-0.15, -0.1) is 0 Å². The first-order chi connectivity index (χ1) is 7.66. The zero-order valence-corrected chi connectivity index (χ0v) is 9.96. The highest BCUT2D eigenvalue weighted by molar-refractivity contribution is 6.37. The molecule has 2 aromatic rings. The molecule has 0 aliphatic carbocycles. The van der Waals surface area contributed by atoms with Crippen LogP contribution in [-0.4, -0.2) is 5.11 Å². The lowest BCUT2D eigenvalue weighted by Crippen LogP contribution is -1.88. The normalized spacial score (nSPS) is 10.4. The highest BCUT2D eigenvalue weighted by Crippen LogP contribution is 2.33. The zero-order chi connectivity index (χ0) is 11.5. The van der Waals surface area contributed by atoms with Gasteiger partial charge in [0.2, 0.25) is 0 Å². The van der Waals surface area contributed by atoms with Gasteiger partial charge < -0.3 is 5.11 Å². The first kappa shape index (κ1) is 11.3. The summed E-state index contributed by atoms with van der Waals surface area (Å²) in [6, 6.07) is 13.5. The average molecular weight is 253 g/mol. The molecule has 0 amide bonds. The van der Waals surface area contributed by atoms with Gasteiger partial charge in [-0.25, -0.2) is 0 Å². The lowest BCUT2D eigenvalue weighted by atomic mass is 10.1. The summed E-state index contributed by atoms with van der Waals surface area (Å²) in [5.74, 6) is -0.0554. The molecule has 0 saturated heterocycles. The van der Waals surface area contributed by atoms with Gasteiger partial charge in [-0.05, 0) is 29.7 Å². The summed E-state index contributed by atoms with van der Waals surface area (Å²) in [7, 11) is 0. The van der Waals surface area contributed by atoms with Crippen LogP contribution in [0, 0.1) is 0 Å². The van der Waals surface area contributed by atoms with Crippen molar-refractivity contribution in [1.82, 2.24) is 0 Å². The van der Waals surface area contributed by atoms with Crippen molar-refractivity contribution in [2.75, 3.05) is 0 Å². The van der Waals surface area contributed by atoms with Crippen LogP contribution >= 0.6 is 23.2 Å². The van der Waals surface area contributed by atoms with E-state index in [-0.39, 0.29) is 5.75 Å². The van der Waals surface area contributed by atoms with Gasteiger partial charge in [0.25, 0.3) is 0 Å². The van der Waals surface area contributed by atoms with E-state index in [0.29, 0.717) is 10.0 Å². The topological polar surface area (TPSA) is 20.2 Å². The number of benzene rings is 2. The largest absolute Gasteiger partial charge is 0.505 e. The van der Waals surface area contributed by atoms with Crippen molar-refractivity contribution in [1.29, 1.82) is 0 Å². The Balaban J connectivity index is 2.29. The molecule has 1 N–H and O–H groups in total. The maximum atomic E-state index is 9.43. The molecular weight excluding hydrogens is 243 g/mol. The van der Waals surface area contributed by atoms with Gasteiger partial charge in [0.05, 0.1) is 10.0 Å². The molecule has 2 aromatic carbocycles. The smallest absolute Gasteiger partial charge is 0.152 e. The van der Waals surface area contributed by atoms with Crippen LogP contribution in [0.25, 0.3) is 0 Å². The Morgan fingerprint density at radius 3 is 2.00 bits per heavy atom. The van der Waals surface area contributed by atoms with Gasteiger partial charge in [-0.2, -0.15) is 0 Å². The first-order valence-electron chi connectivity index (χ1n) is 4.87. The fourth-order valence-corrected chi connectivity index (χ4v) is 2.08. The molecule has 0 spiro atoms. The maximum absolute atomic E-state index is 9.43. The molecular formula is C13H10Cl2O. The van der Waals surface area contributed by atoms with Crippen LogP contribution < -0.4 is 0 Å². The van der Waals surface area contributed by atoms with E-state index in [1.165, 1.54) is 5.56 Å². The lowest BCUT2D eigenvalue weighted by Gasteiger charge is -2.05. The molecule has 0 radical (unpaired) electrons. The molecule has 16 heavy (non-hydrogen) atoms. The van der Waals surface area contributed by atoms with E-state index in [9.17, 15) is 5.11 Å². The summed E-state index contributed by atoms with van der Waals surface area (Å²) in [5, 5.41) is 10.0. The third kappa shape index (κ3) is 2.49. The van der Waals surface area contributed by atoms with Crippen LogP contribution in [0.1, 0.15) is 11.1 Å². The second-order valence-electron chi connectivity index (χ2n) is 3.57. The van der Waals surface area contributed by atoms with Crippen molar-refractivity contribution in [3.05, 3.63) is 63.6 Å². The monoisotopic (exact) mass is 252 g/mol. The Kier molecular flexibility index (Phi) is 3.37.